The second kappa shape index (κ2) is 12.0. The van der Waals surface area contributed by atoms with Crippen LogP contribution in [0.2, 0.25) is 0 Å². The Hall–Kier alpha value is -3.39. The first-order chi connectivity index (χ1) is 15.9. The summed E-state index contributed by atoms with van der Waals surface area (Å²) >= 11 is 1.36. The minimum Gasteiger partial charge on any atom is -0.497 e. The number of methoxy groups -OCH3 is 1. The molecule has 3 rings (SSSR count). The molecule has 0 bridgehead atoms. The Labute approximate surface area is 198 Å². The molecule has 3 aromatic rings. The van der Waals surface area contributed by atoms with Crippen molar-refractivity contribution in [2.45, 2.75) is 26.8 Å². The van der Waals surface area contributed by atoms with Crippen molar-refractivity contribution in [2.75, 3.05) is 25.5 Å². The molecule has 0 aliphatic rings. The predicted molar refractivity (Wildman–Crippen MR) is 132 cm³/mol. The van der Waals surface area contributed by atoms with E-state index in [2.05, 4.69) is 15.6 Å². The van der Waals surface area contributed by atoms with Crippen molar-refractivity contribution in [1.82, 2.24) is 15.2 Å². The van der Waals surface area contributed by atoms with Crippen molar-refractivity contribution in [3.05, 3.63) is 71.2 Å². The number of rotatable bonds is 11. The highest BCUT2D eigenvalue weighted by Crippen LogP contribution is 2.24. The molecule has 1 heterocycles. The van der Waals surface area contributed by atoms with Crippen LogP contribution >= 0.6 is 11.3 Å². The largest absolute Gasteiger partial charge is 0.497 e. The van der Waals surface area contributed by atoms with Crippen LogP contribution in [0, 0.1) is 5.92 Å². The Morgan fingerprint density at radius 1 is 1.09 bits per heavy atom. The molecule has 2 N–H and O–H groups in total. The van der Waals surface area contributed by atoms with Gasteiger partial charge in [-0.05, 0) is 35.7 Å². The Morgan fingerprint density at radius 3 is 2.48 bits per heavy atom. The highest BCUT2D eigenvalue weighted by Gasteiger charge is 2.20. The zero-order chi connectivity index (χ0) is 23.6. The van der Waals surface area contributed by atoms with E-state index in [1.54, 1.807) is 17.4 Å². The first kappa shape index (κ1) is 24.3. The quantitative estimate of drug-likeness (QED) is 0.428. The van der Waals surface area contributed by atoms with E-state index in [1.807, 2.05) is 68.4 Å². The number of nitrogens with one attached hydrogen (secondary N) is 2. The number of ether oxygens (including phenoxy) is 1. The smallest absolute Gasteiger partial charge is 0.273 e. The molecule has 0 aliphatic heterocycles. The topological polar surface area (TPSA) is 83.6 Å². The maximum atomic E-state index is 13.3. The lowest BCUT2D eigenvalue weighted by Crippen LogP contribution is -2.36. The third-order valence-corrected chi connectivity index (χ3v) is 5.64. The lowest BCUT2D eigenvalue weighted by atomic mass is 10.2. The number of carbonyl (C=O) groups excluding carboxylic acids is 2. The number of hydrogen-bond acceptors (Lipinski definition) is 6. The van der Waals surface area contributed by atoms with Gasteiger partial charge in [-0.1, -0.05) is 44.2 Å². The van der Waals surface area contributed by atoms with Gasteiger partial charge in [-0.3, -0.25) is 9.59 Å². The summed E-state index contributed by atoms with van der Waals surface area (Å²) in [6.45, 7) is 5.45. The van der Waals surface area contributed by atoms with Crippen molar-refractivity contribution >= 4 is 34.0 Å². The second-order valence-corrected chi connectivity index (χ2v) is 8.91. The van der Waals surface area contributed by atoms with Crippen molar-refractivity contribution in [3.63, 3.8) is 0 Å². The van der Waals surface area contributed by atoms with Crippen LogP contribution in [0.1, 0.15) is 36.3 Å². The number of anilines is 2. The van der Waals surface area contributed by atoms with Crippen LogP contribution in [0.5, 0.6) is 5.75 Å². The Balaban J connectivity index is 1.68. The van der Waals surface area contributed by atoms with Crippen molar-refractivity contribution in [3.8, 4) is 5.75 Å². The van der Waals surface area contributed by atoms with E-state index in [4.69, 9.17) is 4.74 Å². The molecule has 0 saturated heterocycles. The van der Waals surface area contributed by atoms with E-state index < -0.39 is 0 Å². The van der Waals surface area contributed by atoms with Gasteiger partial charge < -0.3 is 20.3 Å². The molecule has 0 aliphatic carbocycles. The van der Waals surface area contributed by atoms with Gasteiger partial charge in [-0.15, -0.1) is 11.3 Å². The summed E-state index contributed by atoms with van der Waals surface area (Å²) in [4.78, 5) is 31.7. The van der Waals surface area contributed by atoms with Crippen LogP contribution in [0.3, 0.4) is 0 Å². The summed E-state index contributed by atoms with van der Waals surface area (Å²) < 4.78 is 5.18. The number of aromatic nitrogens is 1. The molecule has 7 nitrogen and oxygen atoms in total. The lowest BCUT2D eigenvalue weighted by molar-refractivity contribution is -0.121. The summed E-state index contributed by atoms with van der Waals surface area (Å²) in [5.74, 6) is 0.886. The normalized spacial score (nSPS) is 10.7. The van der Waals surface area contributed by atoms with Crippen molar-refractivity contribution in [2.24, 2.45) is 5.92 Å². The molecule has 0 spiro atoms. The van der Waals surface area contributed by atoms with Crippen LogP contribution in [-0.4, -0.2) is 41.9 Å². The van der Waals surface area contributed by atoms with Gasteiger partial charge in [0.2, 0.25) is 5.91 Å². The molecule has 33 heavy (non-hydrogen) atoms. The molecule has 174 valence electrons. The first-order valence-electron chi connectivity index (χ1n) is 10.9. The van der Waals surface area contributed by atoms with Crippen LogP contribution in [0.4, 0.5) is 10.8 Å². The van der Waals surface area contributed by atoms with Crippen LogP contribution in [0.15, 0.2) is 60.0 Å². The molecule has 2 aromatic carbocycles. The fourth-order valence-electron chi connectivity index (χ4n) is 3.09. The van der Waals surface area contributed by atoms with Crippen LogP contribution < -0.4 is 15.4 Å². The molecular formula is C25H30N4O3S. The van der Waals surface area contributed by atoms with Gasteiger partial charge in [0.05, 0.1) is 7.11 Å². The van der Waals surface area contributed by atoms with Crippen LogP contribution in [0.25, 0.3) is 0 Å². The fraction of sp³-hybridized carbons (Fsp3) is 0.320. The highest BCUT2D eigenvalue weighted by atomic mass is 32.1. The van der Waals surface area contributed by atoms with E-state index in [9.17, 15) is 9.59 Å². The number of benzene rings is 2. The van der Waals surface area contributed by atoms with E-state index >= 15 is 0 Å². The van der Waals surface area contributed by atoms with Gasteiger partial charge in [-0.25, -0.2) is 4.98 Å². The summed E-state index contributed by atoms with van der Waals surface area (Å²) in [5.41, 5.74) is 2.21. The standard InChI is InChI=1S/C25H30N4O3S/c1-18(2)15-26-23(30)13-14-29(16-19-7-5-4-6-8-19)24(31)22-17-33-25(28-22)27-20-9-11-21(32-3)12-10-20/h4-12,17-18H,13-16H2,1-3H3,(H,26,30)(H,27,28). The zero-order valence-electron chi connectivity index (χ0n) is 19.2. The number of carbonyl (C=O) groups is 2. The molecular weight excluding hydrogens is 436 g/mol. The molecule has 0 radical (unpaired) electrons. The summed E-state index contributed by atoms with van der Waals surface area (Å²) in [6.07, 6.45) is 0.242. The van der Waals surface area contributed by atoms with Crippen LogP contribution in [-0.2, 0) is 11.3 Å². The number of nitrogens with zero attached hydrogens (tertiary/aromatic N) is 2. The highest BCUT2D eigenvalue weighted by molar-refractivity contribution is 7.14. The Kier molecular flexibility index (Phi) is 8.83. The molecule has 0 unspecified atom stereocenters. The fourth-order valence-corrected chi connectivity index (χ4v) is 3.79. The molecule has 8 heteroatoms. The molecule has 0 fully saturated rings. The molecule has 0 saturated carbocycles. The van der Waals surface area contributed by atoms with Gasteiger partial charge in [0.1, 0.15) is 11.4 Å². The Bertz CT molecular complexity index is 1040. The van der Waals surface area contributed by atoms with Gasteiger partial charge in [0, 0.05) is 37.1 Å². The SMILES string of the molecule is COc1ccc(Nc2nc(C(=O)N(CCC(=O)NCC(C)C)Cc3ccccc3)cs2)cc1. The summed E-state index contributed by atoms with van der Waals surface area (Å²) in [6, 6.07) is 17.2. The van der Waals surface area contributed by atoms with Crippen molar-refractivity contribution in [1.29, 1.82) is 0 Å². The van der Waals surface area contributed by atoms with Gasteiger partial charge >= 0.3 is 0 Å². The van der Waals surface area contributed by atoms with Gasteiger partial charge in [-0.2, -0.15) is 0 Å². The van der Waals surface area contributed by atoms with Gasteiger partial charge in [0.25, 0.3) is 5.91 Å². The van der Waals surface area contributed by atoms with E-state index in [-0.39, 0.29) is 18.2 Å². The maximum absolute atomic E-state index is 13.3. The minimum absolute atomic E-state index is 0.0605. The summed E-state index contributed by atoms with van der Waals surface area (Å²) in [7, 11) is 1.62. The molecule has 2 amide bonds. The van der Waals surface area contributed by atoms with E-state index in [0.29, 0.717) is 36.4 Å². The summed E-state index contributed by atoms with van der Waals surface area (Å²) in [5, 5.41) is 8.49. The van der Waals surface area contributed by atoms with E-state index in [1.165, 1.54) is 11.3 Å². The maximum Gasteiger partial charge on any atom is 0.273 e. The number of hydrogen-bond donors (Lipinski definition) is 2. The second-order valence-electron chi connectivity index (χ2n) is 8.05. The third-order valence-electron chi connectivity index (χ3n) is 4.88. The number of thiazole rings is 1. The average molecular weight is 467 g/mol. The monoisotopic (exact) mass is 466 g/mol. The predicted octanol–water partition coefficient (Wildman–Crippen LogP) is 4.70. The minimum atomic E-state index is -0.199. The van der Waals surface area contributed by atoms with Crippen molar-refractivity contribution < 1.29 is 14.3 Å². The Morgan fingerprint density at radius 2 is 1.82 bits per heavy atom. The number of amides is 2. The lowest BCUT2D eigenvalue weighted by Gasteiger charge is -2.22. The third kappa shape index (κ3) is 7.61. The average Bonchev–Trinajstić information content (AvgIpc) is 3.29. The van der Waals surface area contributed by atoms with Gasteiger partial charge in [0.15, 0.2) is 5.13 Å². The molecule has 0 atom stereocenters. The zero-order valence-corrected chi connectivity index (χ0v) is 20.0. The van der Waals surface area contributed by atoms with E-state index in [0.717, 1.165) is 17.0 Å². The molecule has 1 aromatic heterocycles. The first-order valence-corrected chi connectivity index (χ1v) is 11.8.